The van der Waals surface area contributed by atoms with Gasteiger partial charge in [-0.25, -0.2) is 0 Å². The zero-order valence-electron chi connectivity index (χ0n) is 6.57. The van der Waals surface area contributed by atoms with E-state index in [-0.39, 0.29) is 0 Å². The molecule has 0 aromatic rings. The molecule has 0 radical (unpaired) electrons. The summed E-state index contributed by atoms with van der Waals surface area (Å²) in [6.07, 6.45) is -8.08. The Morgan fingerprint density at radius 3 is 1.92 bits per heavy atom. The summed E-state index contributed by atoms with van der Waals surface area (Å²) in [5, 5.41) is 53.4. The van der Waals surface area contributed by atoms with E-state index in [0.717, 1.165) is 0 Å². The number of aliphatic hydroxyl groups excluding tert-OH is 5. The molecular weight excluding hydrogens is 184 g/mol. The number of carbonyl (C=O) groups is 1. The number of carbonyl (C=O) groups excluding carboxylic acids is 1. The van der Waals surface area contributed by atoms with Gasteiger partial charge in [-0.3, -0.25) is 0 Å². The van der Waals surface area contributed by atoms with Gasteiger partial charge in [0.15, 0.2) is 0 Å². The van der Waals surface area contributed by atoms with E-state index >= 15 is 0 Å². The number of hydrogen-bond acceptors (Lipinski definition) is 7. The average molecular weight is 195 g/mol. The van der Waals surface area contributed by atoms with Crippen molar-refractivity contribution in [3.05, 3.63) is 0 Å². The molecule has 0 aliphatic rings. The van der Waals surface area contributed by atoms with Crippen LogP contribution in [-0.4, -0.2) is 62.5 Å². The van der Waals surface area contributed by atoms with Crippen LogP contribution < -0.4 is 5.11 Å². The lowest BCUT2D eigenvalue weighted by atomic mass is 10.0. The van der Waals surface area contributed by atoms with Gasteiger partial charge in [0.05, 0.1) is 12.6 Å². The van der Waals surface area contributed by atoms with E-state index < -0.39 is 37.0 Å². The second-order valence-electron chi connectivity index (χ2n) is 2.49. The monoisotopic (exact) mass is 195 g/mol. The first-order valence-electron chi connectivity index (χ1n) is 3.45. The highest BCUT2D eigenvalue weighted by Gasteiger charge is 2.30. The lowest BCUT2D eigenvalue weighted by Gasteiger charge is -2.25. The van der Waals surface area contributed by atoms with Gasteiger partial charge in [-0.15, -0.1) is 0 Å². The van der Waals surface area contributed by atoms with Crippen LogP contribution in [0.15, 0.2) is 0 Å². The van der Waals surface area contributed by atoms with Gasteiger partial charge in [0.2, 0.25) is 0 Å². The van der Waals surface area contributed by atoms with Gasteiger partial charge < -0.3 is 35.4 Å². The molecule has 0 fully saturated rings. The zero-order chi connectivity index (χ0) is 10.6. The third kappa shape index (κ3) is 3.25. The fourth-order valence-electron chi connectivity index (χ4n) is 0.662. The first kappa shape index (κ1) is 12.3. The molecule has 0 aromatic heterocycles. The summed E-state index contributed by atoms with van der Waals surface area (Å²) in [5.41, 5.74) is 0. The maximum Gasteiger partial charge on any atom is 0.122 e. The minimum Gasteiger partial charge on any atom is -0.547 e. The molecule has 0 spiro atoms. The van der Waals surface area contributed by atoms with Crippen molar-refractivity contribution in [1.29, 1.82) is 0 Å². The quantitative estimate of drug-likeness (QED) is 0.296. The van der Waals surface area contributed by atoms with Crippen molar-refractivity contribution >= 4 is 5.97 Å². The van der Waals surface area contributed by atoms with Gasteiger partial charge in [0.1, 0.15) is 24.4 Å². The topological polar surface area (TPSA) is 141 Å². The minimum absolute atomic E-state index is 0.863. The van der Waals surface area contributed by atoms with Crippen molar-refractivity contribution < 1.29 is 35.4 Å². The highest BCUT2D eigenvalue weighted by molar-refractivity contribution is 5.70. The number of rotatable bonds is 5. The van der Waals surface area contributed by atoms with E-state index in [1.54, 1.807) is 0 Å². The Kier molecular flexibility index (Phi) is 4.81. The number of aliphatic hydroxyl groups is 5. The largest absolute Gasteiger partial charge is 0.547 e. The predicted octanol–water partition coefficient (Wildman–Crippen LogP) is -4.83. The minimum atomic E-state index is -2.31. The van der Waals surface area contributed by atoms with Gasteiger partial charge in [-0.05, 0) is 0 Å². The van der Waals surface area contributed by atoms with Gasteiger partial charge in [-0.2, -0.15) is 0 Å². The van der Waals surface area contributed by atoms with E-state index in [2.05, 4.69) is 0 Å². The van der Waals surface area contributed by atoms with E-state index in [4.69, 9.17) is 25.5 Å². The molecule has 5 N–H and O–H groups in total. The van der Waals surface area contributed by atoms with Crippen molar-refractivity contribution in [2.45, 2.75) is 24.4 Å². The Hall–Kier alpha value is -0.730. The third-order valence-corrected chi connectivity index (χ3v) is 1.50. The van der Waals surface area contributed by atoms with Crippen LogP contribution in [0, 0.1) is 0 Å². The molecule has 7 nitrogen and oxygen atoms in total. The smallest absolute Gasteiger partial charge is 0.122 e. The first-order chi connectivity index (χ1) is 5.91. The average Bonchev–Trinajstić information content (AvgIpc) is 2.12. The Morgan fingerprint density at radius 1 is 1.15 bits per heavy atom. The molecule has 0 aliphatic heterocycles. The first-order valence-corrected chi connectivity index (χ1v) is 3.45. The molecule has 0 saturated carbocycles. The summed E-state index contributed by atoms with van der Waals surface area (Å²) in [5.74, 6) is -1.98. The van der Waals surface area contributed by atoms with Crippen molar-refractivity contribution in [3.63, 3.8) is 0 Å². The fourth-order valence-corrected chi connectivity index (χ4v) is 0.662. The third-order valence-electron chi connectivity index (χ3n) is 1.50. The summed E-state index contributed by atoms with van der Waals surface area (Å²) < 4.78 is 0. The number of aliphatic carboxylic acids is 1. The Bertz CT molecular complexity index is 170. The fraction of sp³-hybridized carbons (Fsp3) is 0.833. The lowest BCUT2D eigenvalue weighted by Crippen LogP contribution is -2.52. The molecule has 7 heteroatoms. The summed E-state index contributed by atoms with van der Waals surface area (Å²) in [4.78, 5) is 9.98. The van der Waals surface area contributed by atoms with Crippen LogP contribution in [0.25, 0.3) is 0 Å². The van der Waals surface area contributed by atoms with Crippen molar-refractivity contribution in [1.82, 2.24) is 0 Å². The molecule has 4 atom stereocenters. The number of carboxylic acids is 1. The van der Waals surface area contributed by atoms with Gasteiger partial charge in [-0.1, -0.05) is 0 Å². The summed E-state index contributed by atoms with van der Waals surface area (Å²) in [7, 11) is 0. The Balaban J connectivity index is 4.24. The molecule has 78 valence electrons. The SMILES string of the molecule is O=C([O-])C(O)C(O)[C@H](O)C(O)CO. The number of carboxylic acid groups (broad SMARTS) is 1. The van der Waals surface area contributed by atoms with E-state index in [1.165, 1.54) is 0 Å². The predicted molar refractivity (Wildman–Crippen MR) is 36.1 cm³/mol. The molecule has 0 bridgehead atoms. The molecule has 0 saturated heterocycles. The second kappa shape index (κ2) is 5.10. The molecule has 3 unspecified atom stereocenters. The van der Waals surface area contributed by atoms with Crippen LogP contribution >= 0.6 is 0 Å². The summed E-state index contributed by atoms with van der Waals surface area (Å²) >= 11 is 0. The summed E-state index contributed by atoms with van der Waals surface area (Å²) in [6, 6.07) is 0. The lowest BCUT2D eigenvalue weighted by molar-refractivity contribution is -0.320. The molecule has 13 heavy (non-hydrogen) atoms. The van der Waals surface area contributed by atoms with Crippen LogP contribution in [0.4, 0.5) is 0 Å². The maximum atomic E-state index is 9.98. The van der Waals surface area contributed by atoms with Crippen molar-refractivity contribution in [3.8, 4) is 0 Å². The maximum absolute atomic E-state index is 9.98. The van der Waals surface area contributed by atoms with Crippen molar-refractivity contribution in [2.24, 2.45) is 0 Å². The molecular formula is C6H11O7-. The van der Waals surface area contributed by atoms with Gasteiger partial charge in [0.25, 0.3) is 0 Å². The zero-order valence-corrected chi connectivity index (χ0v) is 6.57. The Labute approximate surface area is 73.5 Å². The van der Waals surface area contributed by atoms with Crippen LogP contribution in [-0.2, 0) is 4.79 Å². The highest BCUT2D eigenvalue weighted by atomic mass is 16.4. The normalized spacial score (nSPS) is 20.4. The van der Waals surface area contributed by atoms with E-state index in [9.17, 15) is 9.90 Å². The second-order valence-corrected chi connectivity index (χ2v) is 2.49. The molecule has 0 heterocycles. The van der Waals surface area contributed by atoms with Crippen molar-refractivity contribution in [2.75, 3.05) is 6.61 Å². The number of hydrogen-bond donors (Lipinski definition) is 5. The van der Waals surface area contributed by atoms with E-state index in [1.807, 2.05) is 0 Å². The van der Waals surface area contributed by atoms with Crippen LogP contribution in [0.5, 0.6) is 0 Å². The molecule has 0 aliphatic carbocycles. The van der Waals surface area contributed by atoms with Gasteiger partial charge in [0, 0.05) is 0 Å². The standard InChI is InChI=1S/C6H12O7/c7-1-2(8)3(9)4(10)5(11)6(12)13/h2-5,7-11H,1H2,(H,12,13)/p-1/t2?,3-,4?,5?/m1/s1. The summed E-state index contributed by atoms with van der Waals surface area (Å²) in [6.45, 7) is -0.863. The van der Waals surface area contributed by atoms with Gasteiger partial charge >= 0.3 is 0 Å². The van der Waals surface area contributed by atoms with Crippen LogP contribution in [0.3, 0.4) is 0 Å². The van der Waals surface area contributed by atoms with Crippen LogP contribution in [0.2, 0.25) is 0 Å². The van der Waals surface area contributed by atoms with Crippen LogP contribution in [0.1, 0.15) is 0 Å². The van der Waals surface area contributed by atoms with E-state index in [0.29, 0.717) is 0 Å². The Morgan fingerprint density at radius 2 is 1.62 bits per heavy atom. The molecule has 0 rings (SSSR count). The molecule has 0 amide bonds. The highest BCUT2D eigenvalue weighted by Crippen LogP contribution is 2.04. The molecule has 0 aromatic carbocycles.